The van der Waals surface area contributed by atoms with Crippen LogP contribution in [0.4, 0.5) is 15.9 Å². The zero-order valence-corrected chi connectivity index (χ0v) is 8.72. The van der Waals surface area contributed by atoms with Gasteiger partial charge in [0.05, 0.1) is 5.56 Å². The molecule has 0 amide bonds. The number of hydrogen-bond donors (Lipinski definition) is 2. The summed E-state index contributed by atoms with van der Waals surface area (Å²) in [6, 6.07) is 9.07. The Balaban J connectivity index is 2.29. The average Bonchev–Trinajstić information content (AvgIpc) is 2.32. The molecule has 0 radical (unpaired) electrons. The van der Waals surface area contributed by atoms with Crippen LogP contribution in [0.1, 0.15) is 10.4 Å². The molecular formula is C12H9FN2O2. The van der Waals surface area contributed by atoms with Gasteiger partial charge in [0.15, 0.2) is 0 Å². The minimum atomic E-state index is -1.30. The third kappa shape index (κ3) is 2.57. The van der Waals surface area contributed by atoms with E-state index in [9.17, 15) is 9.18 Å². The van der Waals surface area contributed by atoms with Crippen LogP contribution in [0.3, 0.4) is 0 Å². The lowest BCUT2D eigenvalue weighted by atomic mass is 10.2. The van der Waals surface area contributed by atoms with E-state index in [-0.39, 0.29) is 5.56 Å². The number of aromatic nitrogens is 1. The highest BCUT2D eigenvalue weighted by Gasteiger charge is 2.10. The smallest absolute Gasteiger partial charge is 0.338 e. The van der Waals surface area contributed by atoms with Crippen LogP contribution in [-0.4, -0.2) is 16.1 Å². The molecule has 0 bridgehead atoms. The summed E-state index contributed by atoms with van der Waals surface area (Å²) in [5, 5.41) is 11.7. The number of pyridine rings is 1. The van der Waals surface area contributed by atoms with Crippen LogP contribution in [0.2, 0.25) is 0 Å². The van der Waals surface area contributed by atoms with Crippen LogP contribution in [0.25, 0.3) is 0 Å². The van der Waals surface area contributed by atoms with Crippen molar-refractivity contribution in [3.05, 3.63) is 54.0 Å². The Morgan fingerprint density at radius 3 is 2.76 bits per heavy atom. The fraction of sp³-hybridized carbons (Fsp3) is 0. The van der Waals surface area contributed by atoms with E-state index in [2.05, 4.69) is 10.3 Å². The monoisotopic (exact) mass is 232 g/mol. The minimum Gasteiger partial charge on any atom is -0.478 e. The highest BCUT2D eigenvalue weighted by atomic mass is 19.1. The van der Waals surface area contributed by atoms with Crippen molar-refractivity contribution < 1.29 is 14.3 Å². The number of halogens is 1. The van der Waals surface area contributed by atoms with Crippen LogP contribution < -0.4 is 5.32 Å². The average molecular weight is 232 g/mol. The topological polar surface area (TPSA) is 62.2 Å². The van der Waals surface area contributed by atoms with Gasteiger partial charge in [0.2, 0.25) is 0 Å². The second-order valence-corrected chi connectivity index (χ2v) is 3.34. The van der Waals surface area contributed by atoms with Gasteiger partial charge in [-0.3, -0.25) is 0 Å². The van der Waals surface area contributed by atoms with E-state index < -0.39 is 11.8 Å². The maximum Gasteiger partial charge on any atom is 0.338 e. The van der Waals surface area contributed by atoms with Crippen molar-refractivity contribution in [3.8, 4) is 0 Å². The molecule has 2 rings (SSSR count). The molecule has 0 aliphatic rings. The van der Waals surface area contributed by atoms with Gasteiger partial charge < -0.3 is 10.4 Å². The molecule has 4 nitrogen and oxygen atoms in total. The number of rotatable bonds is 3. The molecule has 0 atom stereocenters. The molecule has 0 aliphatic heterocycles. The van der Waals surface area contributed by atoms with Crippen molar-refractivity contribution in [2.75, 3.05) is 5.32 Å². The Morgan fingerprint density at radius 1 is 1.29 bits per heavy atom. The maximum atomic E-state index is 13.1. The van der Waals surface area contributed by atoms with Gasteiger partial charge in [0.1, 0.15) is 11.6 Å². The Kier molecular flexibility index (Phi) is 3.00. The molecule has 0 saturated heterocycles. The summed E-state index contributed by atoms with van der Waals surface area (Å²) in [7, 11) is 0. The lowest BCUT2D eigenvalue weighted by molar-refractivity contribution is 0.0692. The van der Waals surface area contributed by atoms with Gasteiger partial charge in [-0.05, 0) is 30.3 Å². The first-order valence-electron chi connectivity index (χ1n) is 4.88. The second kappa shape index (κ2) is 4.61. The number of nitrogens with one attached hydrogen (secondary N) is 1. The molecule has 2 N–H and O–H groups in total. The van der Waals surface area contributed by atoms with Gasteiger partial charge in [0, 0.05) is 11.9 Å². The summed E-state index contributed by atoms with van der Waals surface area (Å²) in [5.74, 6) is -1.49. The SMILES string of the molecule is O=C(O)c1cc(Nc2ccccn2)ccc1F. The number of carbonyl (C=O) groups is 1. The van der Waals surface area contributed by atoms with Crippen LogP contribution in [0, 0.1) is 5.82 Å². The normalized spacial score (nSPS) is 9.94. The van der Waals surface area contributed by atoms with E-state index in [1.807, 2.05) is 0 Å². The van der Waals surface area contributed by atoms with Gasteiger partial charge in [-0.15, -0.1) is 0 Å². The first-order chi connectivity index (χ1) is 8.16. The quantitative estimate of drug-likeness (QED) is 0.853. The summed E-state index contributed by atoms with van der Waals surface area (Å²) in [6.45, 7) is 0. The van der Waals surface area contributed by atoms with E-state index >= 15 is 0 Å². The lowest BCUT2D eigenvalue weighted by Gasteiger charge is -2.06. The van der Waals surface area contributed by atoms with E-state index in [0.717, 1.165) is 6.07 Å². The minimum absolute atomic E-state index is 0.370. The second-order valence-electron chi connectivity index (χ2n) is 3.34. The van der Waals surface area contributed by atoms with Crippen molar-refractivity contribution in [3.63, 3.8) is 0 Å². The summed E-state index contributed by atoms with van der Waals surface area (Å²) < 4.78 is 13.1. The standard InChI is InChI=1S/C12H9FN2O2/c13-10-5-4-8(7-9(10)12(16)17)15-11-3-1-2-6-14-11/h1-7H,(H,14,15)(H,16,17). The van der Waals surface area contributed by atoms with Crippen molar-refractivity contribution in [1.29, 1.82) is 0 Å². The van der Waals surface area contributed by atoms with Crippen LogP contribution >= 0.6 is 0 Å². The molecule has 0 spiro atoms. The summed E-state index contributed by atoms with van der Waals surface area (Å²) in [4.78, 5) is 14.8. The number of benzene rings is 1. The molecule has 0 saturated carbocycles. The number of carboxylic acid groups (broad SMARTS) is 1. The van der Waals surface area contributed by atoms with Crippen molar-refractivity contribution >= 4 is 17.5 Å². The molecule has 5 heteroatoms. The van der Waals surface area contributed by atoms with E-state index in [0.29, 0.717) is 11.5 Å². The van der Waals surface area contributed by atoms with Gasteiger partial charge in [-0.25, -0.2) is 14.2 Å². The molecule has 1 aromatic carbocycles. The highest BCUT2D eigenvalue weighted by molar-refractivity contribution is 5.89. The molecular weight excluding hydrogens is 223 g/mol. The van der Waals surface area contributed by atoms with E-state index in [4.69, 9.17) is 5.11 Å². The number of anilines is 2. The van der Waals surface area contributed by atoms with Crippen molar-refractivity contribution in [1.82, 2.24) is 4.98 Å². The predicted octanol–water partition coefficient (Wildman–Crippen LogP) is 2.66. The molecule has 2 aromatic rings. The first kappa shape index (κ1) is 11.1. The number of aromatic carboxylic acids is 1. The lowest BCUT2D eigenvalue weighted by Crippen LogP contribution is -2.02. The first-order valence-corrected chi connectivity index (χ1v) is 4.88. The number of hydrogen-bond acceptors (Lipinski definition) is 3. The Morgan fingerprint density at radius 2 is 2.12 bits per heavy atom. The molecule has 1 aromatic heterocycles. The van der Waals surface area contributed by atoms with Crippen LogP contribution in [0.5, 0.6) is 0 Å². The Hall–Kier alpha value is -2.43. The zero-order chi connectivity index (χ0) is 12.3. The van der Waals surface area contributed by atoms with Crippen molar-refractivity contribution in [2.45, 2.75) is 0 Å². The van der Waals surface area contributed by atoms with Crippen molar-refractivity contribution in [2.24, 2.45) is 0 Å². The third-order valence-corrected chi connectivity index (χ3v) is 2.13. The fourth-order valence-electron chi connectivity index (χ4n) is 1.35. The molecule has 17 heavy (non-hydrogen) atoms. The van der Waals surface area contributed by atoms with E-state index in [1.54, 1.807) is 24.4 Å². The van der Waals surface area contributed by atoms with E-state index in [1.165, 1.54) is 12.1 Å². The summed E-state index contributed by atoms with van der Waals surface area (Å²) >= 11 is 0. The molecule has 86 valence electrons. The molecule has 0 fully saturated rings. The Labute approximate surface area is 96.7 Å². The van der Waals surface area contributed by atoms with Gasteiger partial charge in [-0.1, -0.05) is 6.07 Å². The maximum absolute atomic E-state index is 13.1. The highest BCUT2D eigenvalue weighted by Crippen LogP contribution is 2.18. The van der Waals surface area contributed by atoms with Crippen LogP contribution in [0.15, 0.2) is 42.6 Å². The molecule has 0 unspecified atom stereocenters. The third-order valence-electron chi connectivity index (χ3n) is 2.13. The zero-order valence-electron chi connectivity index (χ0n) is 8.72. The predicted molar refractivity (Wildman–Crippen MR) is 60.9 cm³/mol. The molecule has 0 aliphatic carbocycles. The van der Waals surface area contributed by atoms with Crippen LogP contribution in [-0.2, 0) is 0 Å². The largest absolute Gasteiger partial charge is 0.478 e. The molecule has 1 heterocycles. The summed E-state index contributed by atoms with van der Waals surface area (Å²) in [5.41, 5.74) is 0.105. The van der Waals surface area contributed by atoms with Gasteiger partial charge in [0.25, 0.3) is 0 Å². The van der Waals surface area contributed by atoms with Gasteiger partial charge in [-0.2, -0.15) is 0 Å². The van der Waals surface area contributed by atoms with Gasteiger partial charge >= 0.3 is 5.97 Å². The summed E-state index contributed by atoms with van der Waals surface area (Å²) in [6.07, 6.45) is 1.60. The number of carboxylic acids is 1. The number of nitrogens with zero attached hydrogens (tertiary/aromatic N) is 1. The fourth-order valence-corrected chi connectivity index (χ4v) is 1.35. The Bertz CT molecular complexity index is 543.